The number of ether oxygens (including phenoxy) is 1. The minimum atomic E-state index is -0.796. The summed E-state index contributed by atoms with van der Waals surface area (Å²) in [5.74, 6) is -2.18. The van der Waals surface area contributed by atoms with E-state index < -0.39 is 23.0 Å². The van der Waals surface area contributed by atoms with Gasteiger partial charge in [0.1, 0.15) is 17.5 Å². The molecule has 0 radical (unpaired) electrons. The standard InChI is InChI=1S/C22H21F3N2O3/c23-14-3-1-13(2-4-14)20-16(17-9-15(24)10-18(25)21(17)26-20)5-6-19(29)27-22(11-28)7-8-30-12-22/h1-4,9-10,26,28H,5-8,11-12H2,(H,27,29). The lowest BCUT2D eigenvalue weighted by molar-refractivity contribution is -0.123. The molecule has 30 heavy (non-hydrogen) atoms. The molecule has 1 aliphatic rings. The number of rotatable bonds is 6. The van der Waals surface area contributed by atoms with Crippen LogP contribution in [-0.4, -0.2) is 41.4 Å². The number of aryl methyl sites for hydroxylation is 1. The number of halogens is 3. The lowest BCUT2D eigenvalue weighted by atomic mass is 9.98. The lowest BCUT2D eigenvalue weighted by Gasteiger charge is -2.26. The molecule has 3 N–H and O–H groups in total. The molecule has 1 aromatic heterocycles. The summed E-state index contributed by atoms with van der Waals surface area (Å²) in [6.07, 6.45) is 0.754. The number of amides is 1. The highest BCUT2D eigenvalue weighted by atomic mass is 19.1. The van der Waals surface area contributed by atoms with Crippen molar-refractivity contribution in [3.05, 3.63) is 59.4 Å². The van der Waals surface area contributed by atoms with Crippen LogP contribution in [0.5, 0.6) is 0 Å². The Balaban J connectivity index is 1.65. The van der Waals surface area contributed by atoms with Crippen molar-refractivity contribution in [2.75, 3.05) is 19.8 Å². The second-order valence-electron chi connectivity index (χ2n) is 7.58. The summed E-state index contributed by atoms with van der Waals surface area (Å²) in [5, 5.41) is 12.8. The number of aliphatic hydroxyl groups is 1. The van der Waals surface area contributed by atoms with E-state index in [0.29, 0.717) is 35.2 Å². The Morgan fingerprint density at radius 3 is 2.60 bits per heavy atom. The molecule has 1 aliphatic heterocycles. The predicted octanol–water partition coefficient (Wildman–Crippen LogP) is 3.45. The topological polar surface area (TPSA) is 74.4 Å². The Morgan fingerprint density at radius 2 is 1.93 bits per heavy atom. The molecular weight excluding hydrogens is 397 g/mol. The summed E-state index contributed by atoms with van der Waals surface area (Å²) >= 11 is 0. The molecule has 0 bridgehead atoms. The van der Waals surface area contributed by atoms with Gasteiger partial charge in [-0.25, -0.2) is 13.2 Å². The summed E-state index contributed by atoms with van der Waals surface area (Å²) < 4.78 is 46.8. The Bertz CT molecular complexity index is 1070. The summed E-state index contributed by atoms with van der Waals surface area (Å²) in [5.41, 5.74) is 0.991. The number of nitrogens with one attached hydrogen (secondary N) is 2. The maximum atomic E-state index is 14.3. The number of hydrogen-bond acceptors (Lipinski definition) is 3. The van der Waals surface area contributed by atoms with Crippen LogP contribution in [0.3, 0.4) is 0 Å². The fraction of sp³-hybridized carbons (Fsp3) is 0.318. The number of H-pyrrole nitrogens is 1. The van der Waals surface area contributed by atoms with Gasteiger partial charge in [-0.3, -0.25) is 4.79 Å². The highest BCUT2D eigenvalue weighted by molar-refractivity contribution is 5.92. The smallest absolute Gasteiger partial charge is 0.220 e. The SMILES string of the molecule is O=C(CCc1c(-c2ccc(F)cc2)[nH]c2c(F)cc(F)cc12)NC1(CO)CCOC1. The molecule has 1 atom stereocenters. The first-order valence-electron chi connectivity index (χ1n) is 9.66. The number of aromatic amines is 1. The third-order valence-electron chi connectivity index (χ3n) is 5.48. The van der Waals surface area contributed by atoms with Gasteiger partial charge in [0.2, 0.25) is 5.91 Å². The molecule has 1 saturated heterocycles. The van der Waals surface area contributed by atoms with E-state index in [1.807, 2.05) is 0 Å². The van der Waals surface area contributed by atoms with Crippen molar-refractivity contribution >= 4 is 16.8 Å². The third-order valence-corrected chi connectivity index (χ3v) is 5.48. The second-order valence-corrected chi connectivity index (χ2v) is 7.58. The second kappa shape index (κ2) is 8.12. The van der Waals surface area contributed by atoms with E-state index in [2.05, 4.69) is 10.3 Å². The predicted molar refractivity (Wildman–Crippen MR) is 105 cm³/mol. The van der Waals surface area contributed by atoms with Crippen LogP contribution in [0, 0.1) is 17.5 Å². The van der Waals surface area contributed by atoms with Crippen molar-refractivity contribution in [1.82, 2.24) is 10.3 Å². The Labute approximate surface area is 170 Å². The Morgan fingerprint density at radius 1 is 1.17 bits per heavy atom. The van der Waals surface area contributed by atoms with Crippen LogP contribution in [0.2, 0.25) is 0 Å². The zero-order valence-electron chi connectivity index (χ0n) is 16.1. The number of fused-ring (bicyclic) bond motifs is 1. The molecule has 158 valence electrons. The van der Waals surface area contributed by atoms with Gasteiger partial charge in [-0.05, 0) is 54.3 Å². The first-order valence-corrected chi connectivity index (χ1v) is 9.66. The molecule has 5 nitrogen and oxygen atoms in total. The maximum absolute atomic E-state index is 14.3. The van der Waals surface area contributed by atoms with Gasteiger partial charge < -0.3 is 20.1 Å². The van der Waals surface area contributed by atoms with E-state index in [1.165, 1.54) is 30.3 Å². The van der Waals surface area contributed by atoms with Gasteiger partial charge in [0.05, 0.1) is 24.3 Å². The lowest BCUT2D eigenvalue weighted by Crippen LogP contribution is -2.52. The number of hydrogen-bond donors (Lipinski definition) is 3. The quantitative estimate of drug-likeness (QED) is 0.574. The van der Waals surface area contributed by atoms with Crippen LogP contribution in [0.1, 0.15) is 18.4 Å². The molecule has 1 amide bonds. The zero-order chi connectivity index (χ0) is 21.3. The van der Waals surface area contributed by atoms with Crippen molar-refractivity contribution in [3.63, 3.8) is 0 Å². The van der Waals surface area contributed by atoms with Crippen molar-refractivity contribution < 1.29 is 27.8 Å². The van der Waals surface area contributed by atoms with Crippen molar-refractivity contribution in [1.29, 1.82) is 0 Å². The minimum Gasteiger partial charge on any atom is -0.394 e. The maximum Gasteiger partial charge on any atom is 0.220 e. The molecule has 1 unspecified atom stereocenters. The van der Waals surface area contributed by atoms with Crippen molar-refractivity contribution in [3.8, 4) is 11.3 Å². The van der Waals surface area contributed by atoms with E-state index in [-0.39, 0.29) is 37.5 Å². The van der Waals surface area contributed by atoms with Gasteiger partial charge in [0.15, 0.2) is 0 Å². The van der Waals surface area contributed by atoms with Gasteiger partial charge >= 0.3 is 0 Å². The minimum absolute atomic E-state index is 0.0427. The van der Waals surface area contributed by atoms with Crippen LogP contribution in [0.4, 0.5) is 13.2 Å². The molecule has 3 aromatic rings. The largest absolute Gasteiger partial charge is 0.394 e. The van der Waals surface area contributed by atoms with Crippen LogP contribution >= 0.6 is 0 Å². The number of carbonyl (C=O) groups is 1. The fourth-order valence-corrected chi connectivity index (χ4v) is 3.86. The molecule has 1 fully saturated rings. The summed E-state index contributed by atoms with van der Waals surface area (Å²) in [6.45, 7) is 0.458. The van der Waals surface area contributed by atoms with Crippen LogP contribution in [0.25, 0.3) is 22.2 Å². The van der Waals surface area contributed by atoms with Gasteiger partial charge in [0.25, 0.3) is 0 Å². The highest BCUT2D eigenvalue weighted by Gasteiger charge is 2.35. The summed E-state index contributed by atoms with van der Waals surface area (Å²) in [7, 11) is 0. The fourth-order valence-electron chi connectivity index (χ4n) is 3.86. The number of aromatic nitrogens is 1. The van der Waals surface area contributed by atoms with Gasteiger partial charge in [-0.1, -0.05) is 0 Å². The van der Waals surface area contributed by atoms with E-state index in [9.17, 15) is 23.1 Å². The van der Waals surface area contributed by atoms with Crippen LogP contribution in [0.15, 0.2) is 36.4 Å². The molecule has 0 saturated carbocycles. The normalized spacial score (nSPS) is 18.8. The Kier molecular flexibility index (Phi) is 5.53. The summed E-state index contributed by atoms with van der Waals surface area (Å²) in [6, 6.07) is 7.63. The van der Waals surface area contributed by atoms with Crippen molar-refractivity contribution in [2.24, 2.45) is 0 Å². The monoisotopic (exact) mass is 418 g/mol. The van der Waals surface area contributed by atoms with E-state index >= 15 is 0 Å². The molecule has 0 aliphatic carbocycles. The highest BCUT2D eigenvalue weighted by Crippen LogP contribution is 2.33. The number of carbonyl (C=O) groups excluding carboxylic acids is 1. The van der Waals surface area contributed by atoms with E-state index in [4.69, 9.17) is 4.74 Å². The van der Waals surface area contributed by atoms with Crippen LogP contribution in [-0.2, 0) is 16.0 Å². The first-order chi connectivity index (χ1) is 14.4. The molecular formula is C22H21F3N2O3. The summed E-state index contributed by atoms with van der Waals surface area (Å²) in [4.78, 5) is 15.5. The third kappa shape index (κ3) is 3.93. The van der Waals surface area contributed by atoms with Gasteiger partial charge in [-0.2, -0.15) is 0 Å². The zero-order valence-corrected chi connectivity index (χ0v) is 16.1. The first kappa shape index (κ1) is 20.4. The number of benzene rings is 2. The molecule has 8 heteroatoms. The van der Waals surface area contributed by atoms with Crippen LogP contribution < -0.4 is 5.32 Å². The molecule has 2 aromatic carbocycles. The average molecular weight is 418 g/mol. The molecule has 0 spiro atoms. The Hall–Kier alpha value is -2.84. The van der Waals surface area contributed by atoms with E-state index in [0.717, 1.165) is 6.07 Å². The average Bonchev–Trinajstić information content (AvgIpc) is 3.32. The van der Waals surface area contributed by atoms with Gasteiger partial charge in [-0.15, -0.1) is 0 Å². The number of aliphatic hydroxyl groups excluding tert-OH is 1. The molecule has 2 heterocycles. The van der Waals surface area contributed by atoms with Crippen molar-refractivity contribution in [2.45, 2.75) is 24.8 Å². The van der Waals surface area contributed by atoms with Gasteiger partial charge in [0, 0.05) is 30.2 Å². The van der Waals surface area contributed by atoms with E-state index in [1.54, 1.807) is 0 Å². The molecule has 4 rings (SSSR count).